The molecule has 1 N–H and O–H groups in total. The standard InChI is InChI=1S/C24H28N2O3/c27-23(18-12-14-19(15-13-18)24(28)26-16-6-7-17-26)25-21-10-4-5-11-22(21)29-20-8-2-1-3-9-20/h1-5,8-11,18-19H,6-7,12-17H2,(H,25,27). The topological polar surface area (TPSA) is 58.6 Å². The molecule has 0 unspecified atom stereocenters. The minimum atomic E-state index is -0.0533. The number of hydrogen-bond donors (Lipinski definition) is 1. The number of carbonyl (C=O) groups is 2. The monoisotopic (exact) mass is 392 g/mol. The molecule has 5 heteroatoms. The first-order valence-corrected chi connectivity index (χ1v) is 10.6. The van der Waals surface area contributed by atoms with Crippen molar-refractivity contribution in [2.24, 2.45) is 11.8 Å². The van der Waals surface area contributed by atoms with Gasteiger partial charge in [-0.05, 0) is 62.8 Å². The summed E-state index contributed by atoms with van der Waals surface area (Å²) in [4.78, 5) is 27.4. The van der Waals surface area contributed by atoms with Crippen LogP contribution < -0.4 is 10.1 Å². The van der Waals surface area contributed by atoms with E-state index in [2.05, 4.69) is 5.32 Å². The van der Waals surface area contributed by atoms with Gasteiger partial charge in [-0.25, -0.2) is 0 Å². The summed E-state index contributed by atoms with van der Waals surface area (Å²) in [7, 11) is 0. The third kappa shape index (κ3) is 4.78. The van der Waals surface area contributed by atoms with Gasteiger partial charge in [0.05, 0.1) is 5.69 Å². The van der Waals surface area contributed by atoms with Gasteiger partial charge >= 0.3 is 0 Å². The minimum Gasteiger partial charge on any atom is -0.455 e. The van der Waals surface area contributed by atoms with Crippen LogP contribution in [-0.2, 0) is 9.59 Å². The van der Waals surface area contributed by atoms with Crippen molar-refractivity contribution in [1.82, 2.24) is 4.90 Å². The van der Waals surface area contributed by atoms with Gasteiger partial charge in [-0.15, -0.1) is 0 Å². The van der Waals surface area contributed by atoms with E-state index in [-0.39, 0.29) is 17.7 Å². The molecule has 1 aliphatic heterocycles. The van der Waals surface area contributed by atoms with Crippen LogP contribution in [0.25, 0.3) is 0 Å². The SMILES string of the molecule is O=C(Nc1ccccc1Oc1ccccc1)C1CCC(C(=O)N2CCCC2)CC1. The van der Waals surface area contributed by atoms with Crippen molar-refractivity contribution in [2.45, 2.75) is 38.5 Å². The van der Waals surface area contributed by atoms with Crippen molar-refractivity contribution in [3.8, 4) is 11.5 Å². The van der Waals surface area contributed by atoms with Crippen LogP contribution in [0.1, 0.15) is 38.5 Å². The fraction of sp³-hybridized carbons (Fsp3) is 0.417. The number of benzene rings is 2. The predicted molar refractivity (Wildman–Crippen MR) is 113 cm³/mol. The summed E-state index contributed by atoms with van der Waals surface area (Å²) in [5.74, 6) is 1.71. The van der Waals surface area contributed by atoms with Crippen molar-refractivity contribution in [2.75, 3.05) is 18.4 Å². The third-order valence-electron chi connectivity index (χ3n) is 5.98. The van der Waals surface area contributed by atoms with Crippen LogP contribution in [0.3, 0.4) is 0 Å². The minimum absolute atomic E-state index is 0.0150. The second-order valence-corrected chi connectivity index (χ2v) is 7.98. The van der Waals surface area contributed by atoms with Crippen molar-refractivity contribution in [1.29, 1.82) is 0 Å². The number of amides is 2. The lowest BCUT2D eigenvalue weighted by Crippen LogP contribution is -2.37. The summed E-state index contributed by atoms with van der Waals surface area (Å²) in [5.41, 5.74) is 0.677. The Balaban J connectivity index is 1.34. The zero-order valence-electron chi connectivity index (χ0n) is 16.7. The maximum absolute atomic E-state index is 12.8. The number of ether oxygens (including phenoxy) is 1. The van der Waals surface area contributed by atoms with Crippen LogP contribution in [0, 0.1) is 11.8 Å². The molecule has 0 aromatic heterocycles. The quantitative estimate of drug-likeness (QED) is 0.792. The molecule has 1 heterocycles. The molecule has 2 aliphatic rings. The first-order valence-electron chi connectivity index (χ1n) is 10.6. The van der Waals surface area contributed by atoms with Gasteiger partial charge in [0.25, 0.3) is 0 Å². The average Bonchev–Trinajstić information content (AvgIpc) is 3.30. The molecule has 0 radical (unpaired) electrons. The molecule has 4 rings (SSSR count). The molecule has 1 saturated heterocycles. The maximum Gasteiger partial charge on any atom is 0.227 e. The zero-order valence-corrected chi connectivity index (χ0v) is 16.7. The fourth-order valence-electron chi connectivity index (χ4n) is 4.31. The molecule has 1 saturated carbocycles. The predicted octanol–water partition coefficient (Wildman–Crippen LogP) is 4.85. The number of anilines is 1. The zero-order chi connectivity index (χ0) is 20.1. The summed E-state index contributed by atoms with van der Waals surface area (Å²) < 4.78 is 5.94. The molecule has 0 spiro atoms. The van der Waals surface area contributed by atoms with E-state index in [1.54, 1.807) is 0 Å². The van der Waals surface area contributed by atoms with E-state index >= 15 is 0 Å². The van der Waals surface area contributed by atoms with Gasteiger partial charge in [-0.1, -0.05) is 30.3 Å². The highest BCUT2D eigenvalue weighted by molar-refractivity contribution is 5.94. The van der Waals surface area contributed by atoms with Crippen molar-refractivity contribution < 1.29 is 14.3 Å². The number of carbonyl (C=O) groups excluding carboxylic acids is 2. The summed E-state index contributed by atoms with van der Waals surface area (Å²) >= 11 is 0. The fourth-order valence-corrected chi connectivity index (χ4v) is 4.31. The second-order valence-electron chi connectivity index (χ2n) is 7.98. The van der Waals surface area contributed by atoms with Gasteiger partial charge in [0, 0.05) is 24.9 Å². The Hall–Kier alpha value is -2.82. The molecular weight excluding hydrogens is 364 g/mol. The summed E-state index contributed by atoms with van der Waals surface area (Å²) in [6.45, 7) is 1.80. The molecule has 5 nitrogen and oxygen atoms in total. The number of nitrogens with one attached hydrogen (secondary N) is 1. The van der Waals surface area contributed by atoms with E-state index in [4.69, 9.17) is 4.74 Å². The first kappa shape index (κ1) is 19.5. The van der Waals surface area contributed by atoms with Crippen LogP contribution in [0.15, 0.2) is 54.6 Å². The molecule has 152 valence electrons. The van der Waals surface area contributed by atoms with E-state index in [1.165, 1.54) is 0 Å². The Kier molecular flexibility index (Phi) is 6.13. The van der Waals surface area contributed by atoms with Gasteiger partial charge in [0.1, 0.15) is 5.75 Å². The van der Waals surface area contributed by atoms with Crippen LogP contribution in [0.5, 0.6) is 11.5 Å². The smallest absolute Gasteiger partial charge is 0.227 e. The number of hydrogen-bond acceptors (Lipinski definition) is 3. The molecular formula is C24H28N2O3. The Morgan fingerprint density at radius 1 is 0.828 bits per heavy atom. The molecule has 2 fully saturated rings. The number of nitrogens with zero attached hydrogens (tertiary/aromatic N) is 1. The first-order chi connectivity index (χ1) is 14.2. The van der Waals surface area contributed by atoms with Crippen LogP contribution >= 0.6 is 0 Å². The lowest BCUT2D eigenvalue weighted by atomic mass is 9.81. The van der Waals surface area contributed by atoms with Crippen LogP contribution in [0.4, 0.5) is 5.69 Å². The number of para-hydroxylation sites is 3. The number of likely N-dealkylation sites (tertiary alicyclic amines) is 1. The second kappa shape index (κ2) is 9.12. The van der Waals surface area contributed by atoms with Gasteiger partial charge < -0.3 is 15.0 Å². The van der Waals surface area contributed by atoms with E-state index in [0.29, 0.717) is 17.3 Å². The molecule has 0 atom stereocenters. The lowest BCUT2D eigenvalue weighted by molar-refractivity contribution is -0.136. The summed E-state index contributed by atoms with van der Waals surface area (Å²) in [6.07, 6.45) is 5.36. The van der Waals surface area contributed by atoms with Gasteiger partial charge in [-0.2, -0.15) is 0 Å². The average molecular weight is 392 g/mol. The molecule has 0 bridgehead atoms. The van der Waals surface area contributed by atoms with E-state index in [1.807, 2.05) is 59.5 Å². The molecule has 2 amide bonds. The molecule has 1 aliphatic carbocycles. The highest BCUT2D eigenvalue weighted by atomic mass is 16.5. The summed E-state index contributed by atoms with van der Waals surface area (Å²) in [5, 5.41) is 3.04. The largest absolute Gasteiger partial charge is 0.455 e. The van der Waals surface area contributed by atoms with Gasteiger partial charge in [0.2, 0.25) is 11.8 Å². The van der Waals surface area contributed by atoms with E-state index < -0.39 is 0 Å². The molecule has 2 aromatic rings. The lowest BCUT2D eigenvalue weighted by Gasteiger charge is -2.30. The maximum atomic E-state index is 12.8. The Morgan fingerprint density at radius 2 is 1.45 bits per heavy atom. The third-order valence-corrected chi connectivity index (χ3v) is 5.98. The van der Waals surface area contributed by atoms with Crippen LogP contribution in [0.2, 0.25) is 0 Å². The van der Waals surface area contributed by atoms with Gasteiger partial charge in [-0.3, -0.25) is 9.59 Å². The Labute approximate surface area is 172 Å². The molecule has 2 aromatic carbocycles. The highest BCUT2D eigenvalue weighted by Crippen LogP contribution is 2.34. The summed E-state index contributed by atoms with van der Waals surface area (Å²) in [6, 6.07) is 17.0. The Morgan fingerprint density at radius 3 is 2.17 bits per heavy atom. The number of rotatable bonds is 5. The Bertz CT molecular complexity index is 838. The van der Waals surface area contributed by atoms with Crippen molar-refractivity contribution in [3.63, 3.8) is 0 Å². The normalized spacial score (nSPS) is 21.6. The van der Waals surface area contributed by atoms with Crippen LogP contribution in [-0.4, -0.2) is 29.8 Å². The highest BCUT2D eigenvalue weighted by Gasteiger charge is 2.33. The molecule has 29 heavy (non-hydrogen) atoms. The van der Waals surface area contributed by atoms with E-state index in [9.17, 15) is 9.59 Å². The van der Waals surface area contributed by atoms with Gasteiger partial charge in [0.15, 0.2) is 5.75 Å². The van der Waals surface area contributed by atoms with Crippen molar-refractivity contribution >= 4 is 17.5 Å². The van der Waals surface area contributed by atoms with Crippen molar-refractivity contribution in [3.05, 3.63) is 54.6 Å². The van der Waals surface area contributed by atoms with E-state index in [0.717, 1.165) is 57.4 Å².